The first-order chi connectivity index (χ1) is 15.2. The van der Waals surface area contributed by atoms with E-state index in [1.54, 1.807) is 6.92 Å². The number of alkyl carbamates (subject to hydrolysis) is 1. The summed E-state index contributed by atoms with van der Waals surface area (Å²) in [6.45, 7) is 7.34. The van der Waals surface area contributed by atoms with E-state index in [1.807, 2.05) is 19.9 Å². The zero-order chi connectivity index (χ0) is 23.6. The van der Waals surface area contributed by atoms with E-state index in [0.717, 1.165) is 44.9 Å². The maximum Gasteiger partial charge on any atom is 0.408 e. The summed E-state index contributed by atoms with van der Waals surface area (Å²) in [5.74, 6) is -0.390. The molecule has 0 unspecified atom stereocenters. The predicted octanol–water partition coefficient (Wildman–Crippen LogP) is 4.80. The molecule has 0 saturated carbocycles. The number of cyclic esters (lactones) is 1. The maximum absolute atomic E-state index is 11.9. The van der Waals surface area contributed by atoms with Crippen LogP contribution in [0.2, 0.25) is 0 Å². The van der Waals surface area contributed by atoms with Crippen LogP contribution in [0.4, 0.5) is 4.79 Å². The molecule has 0 bridgehead atoms. The Morgan fingerprint density at radius 3 is 2.34 bits per heavy atom. The molecule has 2 fully saturated rings. The molecule has 7 nitrogen and oxygen atoms in total. The number of hydrogen-bond acceptors (Lipinski definition) is 6. The Balaban J connectivity index is 1.69. The number of ether oxygens (including phenoxy) is 3. The van der Waals surface area contributed by atoms with E-state index in [9.17, 15) is 14.7 Å². The van der Waals surface area contributed by atoms with E-state index in [0.29, 0.717) is 12.2 Å². The van der Waals surface area contributed by atoms with E-state index < -0.39 is 29.6 Å². The third-order valence-electron chi connectivity index (χ3n) is 6.25. The lowest BCUT2D eigenvalue weighted by Gasteiger charge is -2.31. The van der Waals surface area contributed by atoms with Crippen LogP contribution < -0.4 is 5.32 Å². The first kappa shape index (κ1) is 26.8. The van der Waals surface area contributed by atoms with Crippen LogP contribution in [-0.4, -0.2) is 53.2 Å². The Hall–Kier alpha value is -1.44. The van der Waals surface area contributed by atoms with Crippen LogP contribution in [-0.2, 0) is 19.0 Å². The molecule has 184 valence electrons. The zero-order valence-corrected chi connectivity index (χ0v) is 20.4. The van der Waals surface area contributed by atoms with Gasteiger partial charge in [-0.05, 0) is 46.5 Å². The highest BCUT2D eigenvalue weighted by atomic mass is 16.8. The minimum atomic E-state index is -0.912. The Bertz CT molecular complexity index is 634. The molecule has 2 saturated heterocycles. The van der Waals surface area contributed by atoms with Gasteiger partial charge in [0.05, 0.1) is 6.61 Å². The number of unbranched alkanes of at least 4 members (excludes halogenated alkanes) is 7. The number of amides is 1. The Labute approximate surface area is 193 Å². The minimum Gasteiger partial charge on any atom is -0.441 e. The van der Waals surface area contributed by atoms with E-state index >= 15 is 0 Å². The highest BCUT2D eigenvalue weighted by Gasteiger charge is 2.55. The Morgan fingerprint density at radius 2 is 1.69 bits per heavy atom. The number of allylic oxidation sites excluding steroid dienone is 1. The quantitative estimate of drug-likeness (QED) is 0.273. The lowest BCUT2D eigenvalue weighted by Crippen LogP contribution is -2.55. The van der Waals surface area contributed by atoms with Gasteiger partial charge in [-0.1, -0.05) is 51.2 Å². The van der Waals surface area contributed by atoms with Gasteiger partial charge < -0.3 is 24.6 Å². The molecule has 2 aliphatic rings. The lowest BCUT2D eigenvalue weighted by molar-refractivity contribution is -0.155. The fraction of sp³-hybridized carbons (Fsp3) is 0.840. The molecule has 0 aromatic rings. The molecule has 1 amide bonds. The first-order valence-electron chi connectivity index (χ1n) is 12.3. The van der Waals surface area contributed by atoms with Crippen molar-refractivity contribution in [3.05, 3.63) is 12.2 Å². The predicted molar refractivity (Wildman–Crippen MR) is 123 cm³/mol. The summed E-state index contributed by atoms with van der Waals surface area (Å²) in [6.07, 6.45) is 13.2. The van der Waals surface area contributed by atoms with E-state index in [1.165, 1.54) is 19.3 Å². The minimum absolute atomic E-state index is 0.249. The topological polar surface area (TPSA) is 94.1 Å². The molecular formula is C25H43NO6. The van der Waals surface area contributed by atoms with Gasteiger partial charge in [-0.15, -0.1) is 0 Å². The van der Waals surface area contributed by atoms with Gasteiger partial charge in [-0.25, -0.2) is 4.79 Å². The van der Waals surface area contributed by atoms with E-state index in [2.05, 4.69) is 18.3 Å². The highest BCUT2D eigenvalue weighted by molar-refractivity contribution is 5.78. The molecule has 7 heteroatoms. The number of aliphatic hydroxyl groups excluding tert-OH is 1. The first-order valence-corrected chi connectivity index (χ1v) is 12.3. The second kappa shape index (κ2) is 12.7. The van der Waals surface area contributed by atoms with Crippen LogP contribution in [0.5, 0.6) is 0 Å². The number of aliphatic hydroxyl groups is 1. The van der Waals surface area contributed by atoms with Crippen molar-refractivity contribution in [3.8, 4) is 0 Å². The summed E-state index contributed by atoms with van der Waals surface area (Å²) < 4.78 is 17.5. The molecule has 32 heavy (non-hydrogen) atoms. The van der Waals surface area contributed by atoms with E-state index in [4.69, 9.17) is 14.2 Å². The van der Waals surface area contributed by atoms with Gasteiger partial charge in [-0.2, -0.15) is 0 Å². The molecule has 2 aliphatic heterocycles. The third-order valence-corrected chi connectivity index (χ3v) is 6.25. The summed E-state index contributed by atoms with van der Waals surface area (Å²) in [5.41, 5.74) is -0.912. The van der Waals surface area contributed by atoms with Gasteiger partial charge in [0.2, 0.25) is 0 Å². The molecule has 0 radical (unpaired) electrons. The van der Waals surface area contributed by atoms with Gasteiger partial charge >= 0.3 is 6.09 Å². The van der Waals surface area contributed by atoms with Crippen LogP contribution >= 0.6 is 0 Å². The van der Waals surface area contributed by atoms with Crippen molar-refractivity contribution in [2.24, 2.45) is 0 Å². The number of carbonyl (C=O) groups is 2. The van der Waals surface area contributed by atoms with Crippen molar-refractivity contribution in [2.75, 3.05) is 6.61 Å². The standard InChI is InChI=1S/C25H43NO6/c1-5-6-7-12-15-19(28)16-13-10-8-9-11-14-17-20-21(32-24(2,3)31-20)22-25(4,18-27)26-23(29)30-22/h14,17,20-22,27H,5-13,15-16,18H2,1-4H3,(H,26,29)/b17-14-/t20-,21+,22-,25+/m0/s1. The smallest absolute Gasteiger partial charge is 0.408 e. The summed E-state index contributed by atoms with van der Waals surface area (Å²) in [7, 11) is 0. The van der Waals surface area contributed by atoms with Crippen molar-refractivity contribution in [2.45, 2.75) is 128 Å². The summed E-state index contributed by atoms with van der Waals surface area (Å²) in [4.78, 5) is 23.7. The zero-order valence-electron chi connectivity index (χ0n) is 20.4. The second-order valence-corrected chi connectivity index (χ2v) is 9.82. The Kier molecular flexibility index (Phi) is 10.6. The number of rotatable bonds is 15. The molecule has 0 aromatic carbocycles. The molecule has 4 atom stereocenters. The largest absolute Gasteiger partial charge is 0.441 e. The molecule has 0 aromatic heterocycles. The van der Waals surface area contributed by atoms with Crippen molar-refractivity contribution in [1.82, 2.24) is 5.32 Å². The number of Topliss-reactive ketones (excluding diaryl/α,β-unsaturated/α-hetero) is 1. The van der Waals surface area contributed by atoms with Crippen LogP contribution in [0.15, 0.2) is 12.2 Å². The molecule has 0 aliphatic carbocycles. The molecule has 2 heterocycles. The highest BCUT2D eigenvalue weighted by Crippen LogP contribution is 2.37. The van der Waals surface area contributed by atoms with Gasteiger partial charge in [-0.3, -0.25) is 4.79 Å². The normalized spacial score (nSPS) is 29.4. The summed E-state index contributed by atoms with van der Waals surface area (Å²) in [5, 5.41) is 12.5. The molecular weight excluding hydrogens is 410 g/mol. The number of hydrogen-bond donors (Lipinski definition) is 2. The number of nitrogens with one attached hydrogen (secondary N) is 1. The summed E-state index contributed by atoms with van der Waals surface area (Å²) >= 11 is 0. The van der Waals surface area contributed by atoms with Crippen LogP contribution in [0, 0.1) is 0 Å². The van der Waals surface area contributed by atoms with Crippen molar-refractivity contribution in [3.63, 3.8) is 0 Å². The Morgan fingerprint density at radius 1 is 1.03 bits per heavy atom. The number of ketones is 1. The molecule has 2 rings (SSSR count). The van der Waals surface area contributed by atoms with Crippen molar-refractivity contribution in [1.29, 1.82) is 0 Å². The lowest BCUT2D eigenvalue weighted by atomic mass is 9.90. The fourth-order valence-corrected chi connectivity index (χ4v) is 4.38. The fourth-order valence-electron chi connectivity index (χ4n) is 4.38. The van der Waals surface area contributed by atoms with Crippen molar-refractivity contribution < 1.29 is 28.9 Å². The number of carbonyl (C=O) groups excluding carboxylic acids is 2. The van der Waals surface area contributed by atoms with Gasteiger partial charge in [0.25, 0.3) is 0 Å². The third kappa shape index (κ3) is 8.16. The van der Waals surface area contributed by atoms with Gasteiger partial charge in [0, 0.05) is 12.8 Å². The second-order valence-electron chi connectivity index (χ2n) is 9.82. The van der Waals surface area contributed by atoms with Gasteiger partial charge in [0.1, 0.15) is 23.5 Å². The van der Waals surface area contributed by atoms with E-state index in [-0.39, 0.29) is 12.7 Å². The average Bonchev–Trinajstić information content (AvgIpc) is 3.21. The molecule has 2 N–H and O–H groups in total. The van der Waals surface area contributed by atoms with Crippen LogP contribution in [0.3, 0.4) is 0 Å². The SMILES string of the molecule is CCCCCCC(=O)CCCCCC/C=C\[C@@H]1OC(C)(C)O[C@H]1[C@@H]1OC(=O)N[C@]1(C)CO. The van der Waals surface area contributed by atoms with Gasteiger partial charge in [0.15, 0.2) is 11.9 Å². The van der Waals surface area contributed by atoms with Crippen LogP contribution in [0.1, 0.15) is 98.3 Å². The maximum atomic E-state index is 11.9. The van der Waals surface area contributed by atoms with Crippen LogP contribution in [0.25, 0.3) is 0 Å². The average molecular weight is 454 g/mol. The van der Waals surface area contributed by atoms with Crippen molar-refractivity contribution >= 4 is 11.9 Å². The summed E-state index contributed by atoms with van der Waals surface area (Å²) in [6, 6.07) is 0. The monoisotopic (exact) mass is 453 g/mol. The molecule has 0 spiro atoms.